The molecule has 1 aliphatic heterocycles. The molecule has 154 valence electrons. The predicted octanol–water partition coefficient (Wildman–Crippen LogP) is 3.63. The van der Waals surface area contributed by atoms with E-state index in [1.165, 1.54) is 28.6 Å². The average molecular weight is 435 g/mol. The van der Waals surface area contributed by atoms with Crippen molar-refractivity contribution in [1.82, 2.24) is 5.32 Å². The molecule has 0 radical (unpaired) electrons. The number of carbonyl (C=O) groups excluding carboxylic acids is 1. The summed E-state index contributed by atoms with van der Waals surface area (Å²) in [5, 5.41) is 2.84. The Balaban J connectivity index is 1.88. The second-order valence-electron chi connectivity index (χ2n) is 6.65. The summed E-state index contributed by atoms with van der Waals surface area (Å²) >= 11 is 6.21. The second-order valence-corrected chi connectivity index (χ2v) is 8.89. The number of halogens is 1. The molecule has 1 atom stereocenters. The molecule has 1 saturated heterocycles. The van der Waals surface area contributed by atoms with E-state index in [1.807, 2.05) is 0 Å². The number of para-hydroxylation sites is 1. The molecule has 2 aromatic rings. The van der Waals surface area contributed by atoms with Gasteiger partial charge in [-0.15, -0.1) is 6.58 Å². The van der Waals surface area contributed by atoms with Gasteiger partial charge in [-0.25, -0.2) is 8.42 Å². The van der Waals surface area contributed by atoms with Gasteiger partial charge in [0.1, 0.15) is 4.90 Å². The normalized spacial score (nSPS) is 16.4. The summed E-state index contributed by atoms with van der Waals surface area (Å²) < 4.78 is 33.4. The van der Waals surface area contributed by atoms with Crippen molar-refractivity contribution in [3.05, 3.63) is 71.8 Å². The Morgan fingerprint density at radius 2 is 2.03 bits per heavy atom. The minimum absolute atomic E-state index is 0.00406. The summed E-state index contributed by atoms with van der Waals surface area (Å²) in [6, 6.07) is 12.9. The van der Waals surface area contributed by atoms with Gasteiger partial charge in [-0.3, -0.25) is 9.10 Å². The lowest BCUT2D eigenvalue weighted by Crippen LogP contribution is -2.33. The minimum Gasteiger partial charge on any atom is -0.376 e. The number of nitrogens with zero attached hydrogens (tertiary/aromatic N) is 1. The van der Waals surface area contributed by atoms with Crippen molar-refractivity contribution >= 4 is 33.2 Å². The minimum atomic E-state index is -4.01. The molecule has 29 heavy (non-hydrogen) atoms. The molecule has 3 rings (SSSR count). The van der Waals surface area contributed by atoms with Crippen LogP contribution in [0.2, 0.25) is 5.02 Å². The van der Waals surface area contributed by atoms with E-state index in [9.17, 15) is 13.2 Å². The van der Waals surface area contributed by atoms with Crippen LogP contribution in [0.15, 0.2) is 66.1 Å². The van der Waals surface area contributed by atoms with Gasteiger partial charge in [0, 0.05) is 18.7 Å². The first-order chi connectivity index (χ1) is 13.9. The fourth-order valence-corrected chi connectivity index (χ4v) is 5.07. The number of hydrogen-bond acceptors (Lipinski definition) is 4. The maximum Gasteiger partial charge on any atom is 0.266 e. The highest BCUT2D eigenvalue weighted by Crippen LogP contribution is 2.29. The molecule has 1 amide bonds. The molecule has 1 unspecified atom stereocenters. The number of amides is 1. The first kappa shape index (κ1) is 21.4. The molecular formula is C21H23ClN2O4S. The second kappa shape index (κ2) is 9.43. The molecule has 6 nitrogen and oxygen atoms in total. The third-order valence-corrected chi connectivity index (χ3v) is 6.89. The summed E-state index contributed by atoms with van der Waals surface area (Å²) in [7, 11) is -4.01. The van der Waals surface area contributed by atoms with Crippen molar-refractivity contribution in [3.63, 3.8) is 0 Å². The molecule has 0 spiro atoms. The number of hydrogen-bond donors (Lipinski definition) is 1. The zero-order chi connectivity index (χ0) is 20.9. The van der Waals surface area contributed by atoms with Crippen LogP contribution in [0, 0.1) is 0 Å². The van der Waals surface area contributed by atoms with Crippen LogP contribution in [0.3, 0.4) is 0 Å². The molecular weight excluding hydrogens is 412 g/mol. The van der Waals surface area contributed by atoms with E-state index in [4.69, 9.17) is 16.3 Å². The van der Waals surface area contributed by atoms with Crippen molar-refractivity contribution in [1.29, 1.82) is 0 Å². The fraction of sp³-hybridized carbons (Fsp3) is 0.286. The Labute approximate surface area is 176 Å². The van der Waals surface area contributed by atoms with E-state index in [1.54, 1.807) is 30.3 Å². The summed E-state index contributed by atoms with van der Waals surface area (Å²) in [6.07, 6.45) is 3.36. The molecule has 2 aromatic carbocycles. The molecule has 0 saturated carbocycles. The highest BCUT2D eigenvalue weighted by Gasteiger charge is 2.27. The summed E-state index contributed by atoms with van der Waals surface area (Å²) in [5.74, 6) is -0.372. The van der Waals surface area contributed by atoms with E-state index in [2.05, 4.69) is 11.9 Å². The van der Waals surface area contributed by atoms with Crippen LogP contribution in [0.1, 0.15) is 23.2 Å². The molecule has 8 heteroatoms. The molecule has 0 bridgehead atoms. The quantitative estimate of drug-likeness (QED) is 0.644. The third-order valence-electron chi connectivity index (χ3n) is 4.61. The first-order valence-corrected chi connectivity index (χ1v) is 11.1. The van der Waals surface area contributed by atoms with Crippen LogP contribution in [-0.4, -0.2) is 40.1 Å². The lowest BCUT2D eigenvalue weighted by molar-refractivity contribution is 0.0857. The van der Waals surface area contributed by atoms with E-state index < -0.39 is 10.0 Å². The first-order valence-electron chi connectivity index (χ1n) is 9.31. The van der Waals surface area contributed by atoms with Gasteiger partial charge >= 0.3 is 0 Å². The van der Waals surface area contributed by atoms with Crippen molar-refractivity contribution in [3.8, 4) is 0 Å². The van der Waals surface area contributed by atoms with E-state index >= 15 is 0 Å². The lowest BCUT2D eigenvalue weighted by atomic mass is 10.2. The number of rotatable bonds is 8. The number of carbonyl (C=O) groups is 1. The molecule has 0 aliphatic carbocycles. The Morgan fingerprint density at radius 3 is 2.69 bits per heavy atom. The summed E-state index contributed by atoms with van der Waals surface area (Å²) in [5.41, 5.74) is 0.703. The number of sulfonamides is 1. The van der Waals surface area contributed by atoms with Gasteiger partial charge in [-0.2, -0.15) is 0 Å². The van der Waals surface area contributed by atoms with Crippen molar-refractivity contribution in [2.45, 2.75) is 23.8 Å². The highest BCUT2D eigenvalue weighted by molar-refractivity contribution is 7.93. The SMILES string of the molecule is C=CCN(c1ccccc1)S(=O)(=O)c1cc(C(=O)NCC2CCCO2)ccc1Cl. The topological polar surface area (TPSA) is 75.7 Å². The van der Waals surface area contributed by atoms with Crippen molar-refractivity contribution < 1.29 is 17.9 Å². The molecule has 1 aliphatic rings. The predicted molar refractivity (Wildman–Crippen MR) is 114 cm³/mol. The van der Waals surface area contributed by atoms with Crippen LogP contribution < -0.4 is 9.62 Å². The third kappa shape index (κ3) is 4.98. The Bertz CT molecular complexity index is 973. The summed E-state index contributed by atoms with van der Waals surface area (Å²) in [4.78, 5) is 12.4. The zero-order valence-electron chi connectivity index (χ0n) is 15.9. The average Bonchev–Trinajstić information content (AvgIpc) is 3.24. The van der Waals surface area contributed by atoms with Gasteiger partial charge < -0.3 is 10.1 Å². The largest absolute Gasteiger partial charge is 0.376 e. The van der Waals surface area contributed by atoms with Crippen LogP contribution >= 0.6 is 11.6 Å². The van der Waals surface area contributed by atoms with Crippen LogP contribution in [0.4, 0.5) is 5.69 Å². The molecule has 0 aromatic heterocycles. The molecule has 1 fully saturated rings. The zero-order valence-corrected chi connectivity index (χ0v) is 17.5. The van der Waals surface area contributed by atoms with Gasteiger partial charge in [-0.05, 0) is 43.2 Å². The van der Waals surface area contributed by atoms with Crippen molar-refractivity contribution in [2.75, 3.05) is 24.0 Å². The van der Waals surface area contributed by atoms with Gasteiger partial charge in [-0.1, -0.05) is 35.9 Å². The lowest BCUT2D eigenvalue weighted by Gasteiger charge is -2.24. The van der Waals surface area contributed by atoms with Crippen LogP contribution in [0.25, 0.3) is 0 Å². The number of anilines is 1. The Morgan fingerprint density at radius 1 is 1.28 bits per heavy atom. The van der Waals surface area contributed by atoms with E-state index in [0.29, 0.717) is 18.8 Å². The van der Waals surface area contributed by atoms with Crippen LogP contribution in [-0.2, 0) is 14.8 Å². The maximum atomic E-state index is 13.3. The van der Waals surface area contributed by atoms with Gasteiger partial charge in [0.15, 0.2) is 0 Å². The highest BCUT2D eigenvalue weighted by atomic mass is 35.5. The van der Waals surface area contributed by atoms with E-state index in [0.717, 1.165) is 12.8 Å². The van der Waals surface area contributed by atoms with Gasteiger partial charge in [0.25, 0.3) is 15.9 Å². The molecule has 1 N–H and O–H groups in total. The standard InChI is InChI=1S/C21H23ClN2O4S/c1-2-12-24(17-7-4-3-5-8-17)29(26,27)20-14-16(10-11-19(20)22)21(25)23-15-18-9-6-13-28-18/h2-5,7-8,10-11,14,18H,1,6,9,12-13,15H2,(H,23,25). The number of nitrogens with one attached hydrogen (secondary N) is 1. The summed E-state index contributed by atoms with van der Waals surface area (Å²) in [6.45, 7) is 4.80. The van der Waals surface area contributed by atoms with Crippen molar-refractivity contribution in [2.24, 2.45) is 0 Å². The van der Waals surface area contributed by atoms with E-state index in [-0.39, 0.29) is 34.0 Å². The number of benzene rings is 2. The fourth-order valence-electron chi connectivity index (χ4n) is 3.13. The van der Waals surface area contributed by atoms with Crippen LogP contribution in [0.5, 0.6) is 0 Å². The maximum absolute atomic E-state index is 13.3. The van der Waals surface area contributed by atoms with Gasteiger partial charge in [0.2, 0.25) is 0 Å². The Hall–Kier alpha value is -2.35. The molecule has 1 heterocycles. The monoisotopic (exact) mass is 434 g/mol. The smallest absolute Gasteiger partial charge is 0.266 e. The van der Waals surface area contributed by atoms with Gasteiger partial charge in [0.05, 0.1) is 23.4 Å². The Kier molecular flexibility index (Phi) is 6.95. The number of ether oxygens (including phenoxy) is 1.